The third-order valence-corrected chi connectivity index (χ3v) is 9.99. The normalized spacial score (nSPS) is 12.6. The van der Waals surface area contributed by atoms with Crippen LogP contribution in [0.15, 0.2) is 0 Å². The summed E-state index contributed by atoms with van der Waals surface area (Å²) in [6, 6.07) is 0. The molecule has 0 aliphatic rings. The minimum Gasteiger partial charge on any atom is -0.345 e. The van der Waals surface area contributed by atoms with Crippen molar-refractivity contribution in [1.29, 1.82) is 0 Å². The van der Waals surface area contributed by atoms with Gasteiger partial charge in [-0.25, -0.2) is 0 Å². The molecule has 14 heavy (non-hydrogen) atoms. The summed E-state index contributed by atoms with van der Waals surface area (Å²) in [7, 11) is -2.38. The van der Waals surface area contributed by atoms with Crippen molar-refractivity contribution >= 4 is 28.1 Å². The van der Waals surface area contributed by atoms with Crippen LogP contribution in [0.3, 0.4) is 0 Å². The van der Waals surface area contributed by atoms with E-state index in [1.54, 1.807) is 0 Å². The zero-order chi connectivity index (χ0) is 11.4. The highest BCUT2D eigenvalue weighted by Gasteiger charge is 2.33. The molecule has 0 radical (unpaired) electrons. The van der Waals surface area contributed by atoms with E-state index in [9.17, 15) is 0 Å². The maximum absolute atomic E-state index is 5.36. The molecule has 0 aliphatic carbocycles. The number of halogens is 1. The van der Waals surface area contributed by atoms with Crippen molar-refractivity contribution in [2.45, 2.75) is 45.7 Å². The summed E-state index contributed by atoms with van der Waals surface area (Å²) in [4.78, 5) is 0. The van der Waals surface area contributed by atoms with Crippen LogP contribution in [0.25, 0.3) is 0 Å². The van der Waals surface area contributed by atoms with Gasteiger partial charge in [-0.3, -0.25) is 0 Å². The van der Waals surface area contributed by atoms with E-state index in [2.05, 4.69) is 54.8 Å². The van der Waals surface area contributed by atoms with Crippen LogP contribution >= 0.6 is 11.6 Å². The quantitative estimate of drug-likeness (QED) is 0.543. The van der Waals surface area contributed by atoms with Gasteiger partial charge in [0.1, 0.15) is 16.5 Å². The van der Waals surface area contributed by atoms with Gasteiger partial charge in [-0.2, -0.15) is 0 Å². The summed E-state index contributed by atoms with van der Waals surface area (Å²) in [5.74, 6) is 2.94. The summed E-state index contributed by atoms with van der Waals surface area (Å²) < 4.78 is 2.72. The zero-order valence-corrected chi connectivity index (χ0v) is 13.0. The number of rotatable bonds is 4. The molecule has 1 nitrogen and oxygen atoms in total. The predicted molar refractivity (Wildman–Crippen MR) is 71.6 cm³/mol. The predicted octanol–water partition coefficient (Wildman–Crippen LogP) is 3.55. The number of nitrogens with zero attached hydrogens (tertiary/aromatic N) is 1. The van der Waals surface area contributed by atoms with Gasteiger partial charge in [-0.1, -0.05) is 45.2 Å². The van der Waals surface area contributed by atoms with Gasteiger partial charge in [0.05, 0.1) is 0 Å². The van der Waals surface area contributed by atoms with Crippen LogP contribution in [-0.4, -0.2) is 27.2 Å². The van der Waals surface area contributed by atoms with Crippen molar-refractivity contribution in [3.05, 3.63) is 0 Å². The van der Waals surface area contributed by atoms with E-state index in [4.69, 9.17) is 11.6 Å². The van der Waals surface area contributed by atoms with Crippen LogP contribution in [-0.2, 0) is 0 Å². The SMILES string of the molecule is C[Si](C)(C)N(CCC#CCl)[Si](C)(C)C. The largest absolute Gasteiger partial charge is 0.345 e. The van der Waals surface area contributed by atoms with Gasteiger partial charge in [0.15, 0.2) is 0 Å². The summed E-state index contributed by atoms with van der Waals surface area (Å²) in [6.45, 7) is 15.5. The van der Waals surface area contributed by atoms with E-state index in [-0.39, 0.29) is 0 Å². The van der Waals surface area contributed by atoms with Gasteiger partial charge >= 0.3 is 0 Å². The molecule has 0 rings (SSSR count). The Morgan fingerprint density at radius 1 is 1.00 bits per heavy atom. The van der Waals surface area contributed by atoms with Crippen molar-refractivity contribution < 1.29 is 0 Å². The lowest BCUT2D eigenvalue weighted by molar-refractivity contribution is 0.625. The molecule has 0 atom stereocenters. The van der Waals surface area contributed by atoms with Gasteiger partial charge in [0.2, 0.25) is 0 Å². The van der Waals surface area contributed by atoms with Crippen molar-refractivity contribution in [3.8, 4) is 11.3 Å². The molecule has 0 unspecified atom stereocenters. The summed E-state index contributed by atoms with van der Waals surface area (Å²) in [5, 5.41) is 2.45. The van der Waals surface area contributed by atoms with E-state index < -0.39 is 16.5 Å². The maximum atomic E-state index is 5.36. The molecule has 0 fully saturated rings. The van der Waals surface area contributed by atoms with E-state index in [1.165, 1.54) is 0 Å². The second-order valence-electron chi connectivity index (χ2n) is 5.51. The molecule has 0 heterocycles. The first-order chi connectivity index (χ1) is 6.19. The van der Waals surface area contributed by atoms with Crippen LogP contribution < -0.4 is 0 Å². The van der Waals surface area contributed by atoms with Crippen LogP contribution in [0.2, 0.25) is 39.3 Å². The van der Waals surface area contributed by atoms with E-state index >= 15 is 0 Å². The number of hydrogen-bond donors (Lipinski definition) is 0. The first kappa shape index (κ1) is 14.2. The summed E-state index contributed by atoms with van der Waals surface area (Å²) in [6.07, 6.45) is 0.901. The van der Waals surface area contributed by atoms with Crippen LogP contribution in [0, 0.1) is 11.3 Å². The molecule has 0 bridgehead atoms. The fraction of sp³-hybridized carbons (Fsp3) is 0.800. The van der Waals surface area contributed by atoms with Gasteiger partial charge in [-0.15, -0.1) is 0 Å². The van der Waals surface area contributed by atoms with Gasteiger partial charge in [0, 0.05) is 11.8 Å². The lowest BCUT2D eigenvalue weighted by atomic mass is 10.5. The minimum atomic E-state index is -1.19. The highest BCUT2D eigenvalue weighted by atomic mass is 35.5. The maximum Gasteiger partial charge on any atom is 0.112 e. The average molecular weight is 248 g/mol. The molecule has 0 N–H and O–H groups in total. The molecular formula is C10H22ClNSi2. The Kier molecular flexibility index (Phi) is 5.45. The average Bonchev–Trinajstić information content (AvgIpc) is 1.92. The van der Waals surface area contributed by atoms with Crippen LogP contribution in [0.1, 0.15) is 6.42 Å². The Balaban J connectivity index is 4.48. The van der Waals surface area contributed by atoms with Crippen molar-refractivity contribution in [2.24, 2.45) is 0 Å². The van der Waals surface area contributed by atoms with Crippen molar-refractivity contribution in [2.75, 3.05) is 6.54 Å². The monoisotopic (exact) mass is 247 g/mol. The van der Waals surface area contributed by atoms with Crippen LogP contribution in [0.4, 0.5) is 0 Å². The molecule has 0 spiro atoms. The second-order valence-corrected chi connectivity index (χ2v) is 15.9. The molecule has 0 saturated carbocycles. The Morgan fingerprint density at radius 3 is 1.71 bits per heavy atom. The molecule has 0 aromatic rings. The highest BCUT2D eigenvalue weighted by molar-refractivity contribution is 6.89. The molecule has 4 heteroatoms. The number of hydrogen-bond acceptors (Lipinski definition) is 1. The van der Waals surface area contributed by atoms with Gasteiger partial charge in [0.25, 0.3) is 0 Å². The molecule has 0 aliphatic heterocycles. The lowest BCUT2D eigenvalue weighted by Crippen LogP contribution is -2.59. The fourth-order valence-electron chi connectivity index (χ4n) is 1.89. The molecule has 82 valence electrons. The zero-order valence-electron chi connectivity index (χ0n) is 10.2. The smallest absolute Gasteiger partial charge is 0.112 e. The second kappa shape index (κ2) is 5.36. The molecule has 0 aromatic carbocycles. The molecule has 0 saturated heterocycles. The minimum absolute atomic E-state index is 0.901. The topological polar surface area (TPSA) is 3.24 Å². The Bertz CT molecular complexity index is 215. The summed E-state index contributed by atoms with van der Waals surface area (Å²) in [5.41, 5.74) is 0. The lowest BCUT2D eigenvalue weighted by Gasteiger charge is -2.43. The molecule has 0 amide bonds. The first-order valence-corrected chi connectivity index (χ1v) is 12.3. The Labute approximate surface area is 96.0 Å². The molecule has 0 aromatic heterocycles. The Hall–Kier alpha value is 0.244. The van der Waals surface area contributed by atoms with E-state index in [1.807, 2.05) is 0 Å². The van der Waals surface area contributed by atoms with Crippen LogP contribution in [0.5, 0.6) is 0 Å². The molecular weight excluding hydrogens is 226 g/mol. The highest BCUT2D eigenvalue weighted by Crippen LogP contribution is 2.19. The van der Waals surface area contributed by atoms with E-state index in [0.29, 0.717) is 0 Å². The summed E-state index contributed by atoms with van der Waals surface area (Å²) >= 11 is 5.36. The fourth-order valence-corrected chi connectivity index (χ4v) is 11.6. The third kappa shape index (κ3) is 5.21. The van der Waals surface area contributed by atoms with Gasteiger partial charge in [-0.05, 0) is 18.1 Å². The van der Waals surface area contributed by atoms with Crippen molar-refractivity contribution in [3.63, 3.8) is 0 Å². The third-order valence-electron chi connectivity index (χ3n) is 2.15. The first-order valence-electron chi connectivity index (χ1n) is 5.06. The van der Waals surface area contributed by atoms with Gasteiger partial charge < -0.3 is 4.23 Å². The standard InChI is InChI=1S/C10H22ClNSi2/c1-13(2,3)12(14(4,5)6)10-8-7-9-11/h8,10H2,1-6H3. The Morgan fingerprint density at radius 2 is 1.43 bits per heavy atom. The van der Waals surface area contributed by atoms with E-state index in [0.717, 1.165) is 13.0 Å². The van der Waals surface area contributed by atoms with Crippen molar-refractivity contribution in [1.82, 2.24) is 4.23 Å².